The standard InChI is InChI=1S/C15H25NO2/c1-3-5-10-16-11-13-18-15-8-6-14(7-9-15)17-12-4-2/h6-9,16H,3-5,10-13H2,1-2H3. The van der Waals surface area contributed by atoms with E-state index in [4.69, 9.17) is 9.47 Å². The first-order valence-electron chi connectivity index (χ1n) is 6.93. The summed E-state index contributed by atoms with van der Waals surface area (Å²) >= 11 is 0. The number of hydrogen-bond acceptors (Lipinski definition) is 3. The van der Waals surface area contributed by atoms with Crippen LogP contribution in [0.5, 0.6) is 11.5 Å². The van der Waals surface area contributed by atoms with Crippen molar-refractivity contribution >= 4 is 0 Å². The van der Waals surface area contributed by atoms with Gasteiger partial charge in [0.05, 0.1) is 6.61 Å². The quantitative estimate of drug-likeness (QED) is 0.648. The highest BCUT2D eigenvalue weighted by molar-refractivity contribution is 5.31. The first-order chi connectivity index (χ1) is 8.86. The van der Waals surface area contributed by atoms with Crippen LogP contribution in [0.2, 0.25) is 0 Å². The van der Waals surface area contributed by atoms with Gasteiger partial charge in [-0.15, -0.1) is 0 Å². The molecule has 1 rings (SSSR count). The molecule has 3 heteroatoms. The third-order valence-corrected chi connectivity index (χ3v) is 2.55. The maximum absolute atomic E-state index is 5.63. The van der Waals surface area contributed by atoms with Crippen molar-refractivity contribution in [2.75, 3.05) is 26.3 Å². The van der Waals surface area contributed by atoms with Gasteiger partial charge < -0.3 is 14.8 Å². The Labute approximate surface area is 110 Å². The van der Waals surface area contributed by atoms with Crippen molar-refractivity contribution in [3.63, 3.8) is 0 Å². The summed E-state index contributed by atoms with van der Waals surface area (Å²) in [5, 5.41) is 3.35. The molecule has 0 radical (unpaired) electrons. The Kier molecular flexibility index (Phi) is 8.06. The fourth-order valence-corrected chi connectivity index (χ4v) is 1.52. The Morgan fingerprint density at radius 1 is 0.833 bits per heavy atom. The number of nitrogens with one attached hydrogen (secondary N) is 1. The maximum Gasteiger partial charge on any atom is 0.119 e. The van der Waals surface area contributed by atoms with Crippen LogP contribution in [0, 0.1) is 0 Å². The average Bonchev–Trinajstić information content (AvgIpc) is 2.42. The lowest BCUT2D eigenvalue weighted by Gasteiger charge is -2.08. The minimum atomic E-state index is 0.707. The van der Waals surface area contributed by atoms with Gasteiger partial charge in [-0.2, -0.15) is 0 Å². The zero-order chi connectivity index (χ0) is 13.1. The van der Waals surface area contributed by atoms with Crippen molar-refractivity contribution in [1.29, 1.82) is 0 Å². The van der Waals surface area contributed by atoms with Gasteiger partial charge in [0.2, 0.25) is 0 Å². The van der Waals surface area contributed by atoms with Crippen molar-refractivity contribution in [2.45, 2.75) is 33.1 Å². The van der Waals surface area contributed by atoms with Gasteiger partial charge in [0, 0.05) is 6.54 Å². The molecule has 0 amide bonds. The van der Waals surface area contributed by atoms with Crippen LogP contribution < -0.4 is 14.8 Å². The van der Waals surface area contributed by atoms with E-state index >= 15 is 0 Å². The summed E-state index contributed by atoms with van der Waals surface area (Å²) in [5.41, 5.74) is 0. The monoisotopic (exact) mass is 251 g/mol. The largest absolute Gasteiger partial charge is 0.494 e. The number of hydrogen-bond donors (Lipinski definition) is 1. The van der Waals surface area contributed by atoms with Gasteiger partial charge in [-0.25, -0.2) is 0 Å². The van der Waals surface area contributed by atoms with E-state index in [1.54, 1.807) is 0 Å². The number of benzene rings is 1. The Hall–Kier alpha value is -1.22. The SMILES string of the molecule is CCCCNCCOc1ccc(OCCC)cc1. The second-order valence-corrected chi connectivity index (χ2v) is 4.27. The fourth-order valence-electron chi connectivity index (χ4n) is 1.52. The smallest absolute Gasteiger partial charge is 0.119 e. The van der Waals surface area contributed by atoms with Gasteiger partial charge in [-0.3, -0.25) is 0 Å². The lowest BCUT2D eigenvalue weighted by atomic mass is 10.3. The fraction of sp³-hybridized carbons (Fsp3) is 0.600. The van der Waals surface area contributed by atoms with Crippen LogP contribution in [0.1, 0.15) is 33.1 Å². The lowest BCUT2D eigenvalue weighted by molar-refractivity contribution is 0.307. The molecule has 0 unspecified atom stereocenters. The van der Waals surface area contributed by atoms with Crippen molar-refractivity contribution in [3.8, 4) is 11.5 Å². The summed E-state index contributed by atoms with van der Waals surface area (Å²) in [6, 6.07) is 7.82. The molecule has 0 aliphatic heterocycles. The molecule has 0 atom stereocenters. The number of unbranched alkanes of at least 4 members (excludes halogenated alkanes) is 1. The lowest BCUT2D eigenvalue weighted by Crippen LogP contribution is -2.21. The molecular formula is C15H25NO2. The van der Waals surface area contributed by atoms with Crippen LogP contribution in [0.4, 0.5) is 0 Å². The first kappa shape index (κ1) is 14.8. The molecule has 1 aromatic rings. The minimum Gasteiger partial charge on any atom is -0.494 e. The van der Waals surface area contributed by atoms with E-state index < -0.39 is 0 Å². The van der Waals surface area contributed by atoms with E-state index in [0.29, 0.717) is 6.61 Å². The van der Waals surface area contributed by atoms with Gasteiger partial charge in [-0.05, 0) is 43.7 Å². The summed E-state index contributed by atoms with van der Waals surface area (Å²) in [5.74, 6) is 1.81. The van der Waals surface area contributed by atoms with Gasteiger partial charge in [0.25, 0.3) is 0 Å². The van der Waals surface area contributed by atoms with E-state index in [-0.39, 0.29) is 0 Å². The van der Waals surface area contributed by atoms with Crippen molar-refractivity contribution < 1.29 is 9.47 Å². The third-order valence-electron chi connectivity index (χ3n) is 2.55. The van der Waals surface area contributed by atoms with Crippen LogP contribution in [-0.4, -0.2) is 26.3 Å². The predicted octanol–water partition coefficient (Wildman–Crippen LogP) is 3.24. The van der Waals surface area contributed by atoms with E-state index in [2.05, 4.69) is 19.2 Å². The summed E-state index contributed by atoms with van der Waals surface area (Å²) in [7, 11) is 0. The molecule has 1 aromatic carbocycles. The van der Waals surface area contributed by atoms with Crippen LogP contribution in [0.25, 0.3) is 0 Å². The zero-order valence-corrected chi connectivity index (χ0v) is 11.6. The van der Waals surface area contributed by atoms with Gasteiger partial charge in [0.15, 0.2) is 0 Å². The molecule has 3 nitrogen and oxygen atoms in total. The van der Waals surface area contributed by atoms with Crippen molar-refractivity contribution in [2.24, 2.45) is 0 Å². The second kappa shape index (κ2) is 9.77. The molecule has 1 N–H and O–H groups in total. The topological polar surface area (TPSA) is 30.5 Å². The summed E-state index contributed by atoms with van der Waals surface area (Å²) < 4.78 is 11.1. The van der Waals surface area contributed by atoms with E-state index in [0.717, 1.165) is 37.6 Å². The molecule has 0 fully saturated rings. The highest BCUT2D eigenvalue weighted by atomic mass is 16.5. The van der Waals surface area contributed by atoms with E-state index in [1.165, 1.54) is 12.8 Å². The van der Waals surface area contributed by atoms with Crippen LogP contribution in [0.3, 0.4) is 0 Å². The predicted molar refractivity (Wildman–Crippen MR) is 75.5 cm³/mol. The van der Waals surface area contributed by atoms with E-state index in [1.807, 2.05) is 24.3 Å². The minimum absolute atomic E-state index is 0.707. The molecular weight excluding hydrogens is 226 g/mol. The van der Waals surface area contributed by atoms with Crippen LogP contribution in [-0.2, 0) is 0 Å². The zero-order valence-electron chi connectivity index (χ0n) is 11.6. The average molecular weight is 251 g/mol. The molecule has 0 saturated heterocycles. The van der Waals surface area contributed by atoms with Gasteiger partial charge in [-0.1, -0.05) is 20.3 Å². The molecule has 102 valence electrons. The maximum atomic E-state index is 5.63. The highest BCUT2D eigenvalue weighted by Gasteiger charge is 1.96. The van der Waals surface area contributed by atoms with Crippen LogP contribution in [0.15, 0.2) is 24.3 Å². The molecule has 0 aliphatic carbocycles. The van der Waals surface area contributed by atoms with Gasteiger partial charge in [0.1, 0.15) is 18.1 Å². The highest BCUT2D eigenvalue weighted by Crippen LogP contribution is 2.17. The molecule has 0 bridgehead atoms. The molecule has 0 spiro atoms. The summed E-state index contributed by atoms with van der Waals surface area (Å²) in [6.45, 7) is 7.74. The second-order valence-electron chi connectivity index (χ2n) is 4.27. The number of rotatable bonds is 10. The Bertz CT molecular complexity index is 298. The summed E-state index contributed by atoms with van der Waals surface area (Å²) in [6.07, 6.45) is 3.48. The van der Waals surface area contributed by atoms with Gasteiger partial charge >= 0.3 is 0 Å². The Morgan fingerprint density at radius 3 is 2.00 bits per heavy atom. The molecule has 0 heterocycles. The molecule has 0 aliphatic rings. The summed E-state index contributed by atoms with van der Waals surface area (Å²) in [4.78, 5) is 0. The third kappa shape index (κ3) is 6.50. The van der Waals surface area contributed by atoms with Crippen LogP contribution >= 0.6 is 0 Å². The normalized spacial score (nSPS) is 10.3. The molecule has 0 saturated carbocycles. The number of ether oxygens (including phenoxy) is 2. The van der Waals surface area contributed by atoms with Crippen molar-refractivity contribution in [1.82, 2.24) is 5.32 Å². The van der Waals surface area contributed by atoms with E-state index in [9.17, 15) is 0 Å². The molecule has 0 aromatic heterocycles. The first-order valence-corrected chi connectivity index (χ1v) is 6.93. The Balaban J connectivity index is 2.14. The van der Waals surface area contributed by atoms with Crippen molar-refractivity contribution in [3.05, 3.63) is 24.3 Å². The molecule has 18 heavy (non-hydrogen) atoms. The Morgan fingerprint density at radius 2 is 1.44 bits per heavy atom.